The monoisotopic (exact) mass is 568 g/mol. The van der Waals surface area contributed by atoms with Gasteiger partial charge in [0.15, 0.2) is 0 Å². The van der Waals surface area contributed by atoms with Gasteiger partial charge in [0.05, 0.1) is 18.4 Å². The molecule has 4 rings (SSSR count). The number of aromatic nitrogens is 1. The van der Waals surface area contributed by atoms with Gasteiger partial charge in [0.25, 0.3) is 0 Å². The lowest BCUT2D eigenvalue weighted by Crippen LogP contribution is -2.31. The first kappa shape index (κ1) is 30.0. The van der Waals surface area contributed by atoms with Crippen LogP contribution in [0.4, 0.5) is 16.2 Å². The van der Waals surface area contributed by atoms with Crippen molar-refractivity contribution in [2.75, 3.05) is 10.6 Å². The summed E-state index contributed by atoms with van der Waals surface area (Å²) in [4.78, 5) is 37.3. The Bertz CT molecular complexity index is 1500. The maximum absolute atomic E-state index is 13.0. The van der Waals surface area contributed by atoms with Crippen LogP contribution in [0.1, 0.15) is 60.4 Å². The molecule has 2 unspecified atom stereocenters. The molecule has 0 aliphatic heterocycles. The van der Waals surface area contributed by atoms with Crippen molar-refractivity contribution < 1.29 is 24.0 Å². The second kappa shape index (κ2) is 14.1. The van der Waals surface area contributed by atoms with Crippen LogP contribution < -0.4 is 16.0 Å². The summed E-state index contributed by atoms with van der Waals surface area (Å²) in [6.07, 6.45) is 0.930. The van der Waals surface area contributed by atoms with Gasteiger partial charge in [-0.2, -0.15) is 0 Å². The Morgan fingerprint density at radius 2 is 1.60 bits per heavy atom. The van der Waals surface area contributed by atoms with Crippen LogP contribution in [-0.2, 0) is 22.4 Å². The fraction of sp³-hybridized carbons (Fsp3) is 0.273. The summed E-state index contributed by atoms with van der Waals surface area (Å²) >= 11 is 0. The standard InChI is InChI=1S/C33H36N4O5/c1-21(2)17-29(30-20-26(42-37-30)19-27(32(39)40)24-10-5-4-6-11-24)35-31(38)18-23-13-15-25(16-14-23)34-33(41)36-28-12-8-7-9-22(28)3/h4-16,20-21,27,29H,17-19H2,1-3H3,(H,35,38)(H,39,40)(H2,34,36,41). The molecule has 9 heteroatoms. The van der Waals surface area contributed by atoms with Gasteiger partial charge < -0.3 is 25.6 Å². The largest absolute Gasteiger partial charge is 0.481 e. The number of hydrogen-bond donors (Lipinski definition) is 4. The summed E-state index contributed by atoms with van der Waals surface area (Å²) in [6.45, 7) is 6.03. The topological polar surface area (TPSA) is 134 Å². The molecule has 0 aliphatic rings. The van der Waals surface area contributed by atoms with Crippen molar-refractivity contribution in [3.05, 3.63) is 113 Å². The smallest absolute Gasteiger partial charge is 0.323 e. The van der Waals surface area contributed by atoms with E-state index in [4.69, 9.17) is 4.52 Å². The molecule has 3 aromatic carbocycles. The van der Waals surface area contributed by atoms with Crippen molar-refractivity contribution in [2.24, 2.45) is 5.92 Å². The minimum Gasteiger partial charge on any atom is -0.481 e. The second-order valence-electron chi connectivity index (χ2n) is 10.7. The first-order chi connectivity index (χ1) is 20.2. The molecule has 2 atom stereocenters. The van der Waals surface area contributed by atoms with Crippen molar-refractivity contribution in [3.8, 4) is 0 Å². The molecule has 1 heterocycles. The summed E-state index contributed by atoms with van der Waals surface area (Å²) in [5, 5.41) is 22.6. The highest BCUT2D eigenvalue weighted by Crippen LogP contribution is 2.26. The first-order valence-corrected chi connectivity index (χ1v) is 13.9. The number of hydrogen-bond acceptors (Lipinski definition) is 5. The highest BCUT2D eigenvalue weighted by atomic mass is 16.5. The highest BCUT2D eigenvalue weighted by molar-refractivity contribution is 6.00. The minimum absolute atomic E-state index is 0.143. The number of carboxylic acids is 1. The molecule has 0 saturated carbocycles. The van der Waals surface area contributed by atoms with Gasteiger partial charge in [-0.25, -0.2) is 4.79 Å². The van der Waals surface area contributed by atoms with Crippen LogP contribution in [-0.4, -0.2) is 28.2 Å². The Morgan fingerprint density at radius 1 is 0.905 bits per heavy atom. The Kier molecular flexibility index (Phi) is 10.1. The van der Waals surface area contributed by atoms with Gasteiger partial charge >= 0.3 is 12.0 Å². The average molecular weight is 569 g/mol. The molecule has 9 nitrogen and oxygen atoms in total. The molecule has 4 aromatic rings. The van der Waals surface area contributed by atoms with Crippen molar-refractivity contribution in [3.63, 3.8) is 0 Å². The molecule has 42 heavy (non-hydrogen) atoms. The molecule has 0 saturated heterocycles. The minimum atomic E-state index is -0.945. The van der Waals surface area contributed by atoms with Gasteiger partial charge in [-0.3, -0.25) is 9.59 Å². The summed E-state index contributed by atoms with van der Waals surface area (Å²) in [5.41, 5.74) is 4.33. The third-order valence-corrected chi connectivity index (χ3v) is 6.85. The van der Waals surface area contributed by atoms with Gasteiger partial charge in [-0.1, -0.05) is 79.7 Å². The Hall–Kier alpha value is -4.92. The molecular formula is C33H36N4O5. The van der Waals surface area contributed by atoms with Gasteiger partial charge in [0.1, 0.15) is 11.5 Å². The van der Waals surface area contributed by atoms with Crippen LogP contribution in [0.15, 0.2) is 89.5 Å². The SMILES string of the molecule is Cc1ccccc1NC(=O)Nc1ccc(CC(=O)NC(CC(C)C)c2cc(CC(C(=O)O)c3ccccc3)on2)cc1. The predicted octanol–water partition coefficient (Wildman–Crippen LogP) is 6.48. The third-order valence-electron chi connectivity index (χ3n) is 6.85. The van der Waals surface area contributed by atoms with E-state index in [0.717, 1.165) is 16.8 Å². The Balaban J connectivity index is 1.36. The van der Waals surface area contributed by atoms with E-state index in [9.17, 15) is 19.5 Å². The summed E-state index contributed by atoms with van der Waals surface area (Å²) in [7, 11) is 0. The van der Waals surface area contributed by atoms with Crippen LogP contribution in [0, 0.1) is 12.8 Å². The van der Waals surface area contributed by atoms with E-state index >= 15 is 0 Å². The molecule has 4 N–H and O–H groups in total. The van der Waals surface area contributed by atoms with E-state index < -0.39 is 11.9 Å². The molecule has 0 bridgehead atoms. The normalized spacial score (nSPS) is 12.4. The zero-order valence-corrected chi connectivity index (χ0v) is 24.0. The van der Waals surface area contributed by atoms with E-state index in [-0.39, 0.29) is 36.7 Å². The quantitative estimate of drug-likeness (QED) is 0.154. The Labute approximate surface area is 245 Å². The molecule has 0 spiro atoms. The zero-order valence-electron chi connectivity index (χ0n) is 24.0. The number of aryl methyl sites for hydroxylation is 1. The molecule has 0 fully saturated rings. The number of carbonyl (C=O) groups excluding carboxylic acids is 2. The number of anilines is 2. The lowest BCUT2D eigenvalue weighted by molar-refractivity contribution is -0.138. The van der Waals surface area contributed by atoms with Crippen LogP contribution in [0.25, 0.3) is 0 Å². The highest BCUT2D eigenvalue weighted by Gasteiger charge is 2.25. The summed E-state index contributed by atoms with van der Waals surface area (Å²) in [5.74, 6) is -1.19. The van der Waals surface area contributed by atoms with E-state index in [1.54, 1.807) is 54.6 Å². The fourth-order valence-electron chi connectivity index (χ4n) is 4.68. The van der Waals surface area contributed by atoms with Crippen LogP contribution in [0.3, 0.4) is 0 Å². The van der Waals surface area contributed by atoms with Gasteiger partial charge in [0.2, 0.25) is 5.91 Å². The maximum atomic E-state index is 13.0. The lowest BCUT2D eigenvalue weighted by atomic mass is 9.94. The Morgan fingerprint density at radius 3 is 2.26 bits per heavy atom. The van der Waals surface area contributed by atoms with E-state index in [2.05, 4.69) is 35.0 Å². The number of amides is 3. The number of carbonyl (C=O) groups is 3. The van der Waals surface area contributed by atoms with Crippen molar-refractivity contribution >= 4 is 29.3 Å². The molecule has 1 aromatic heterocycles. The van der Waals surface area contributed by atoms with Crippen molar-refractivity contribution in [1.82, 2.24) is 10.5 Å². The number of aliphatic carboxylic acids is 1. The lowest BCUT2D eigenvalue weighted by Gasteiger charge is -2.18. The van der Waals surface area contributed by atoms with E-state index in [1.807, 2.05) is 37.3 Å². The van der Waals surface area contributed by atoms with Crippen LogP contribution in [0.5, 0.6) is 0 Å². The molecule has 218 valence electrons. The molecule has 0 radical (unpaired) electrons. The van der Waals surface area contributed by atoms with E-state index in [0.29, 0.717) is 29.1 Å². The molecular weight excluding hydrogens is 532 g/mol. The van der Waals surface area contributed by atoms with Gasteiger partial charge in [0, 0.05) is 23.9 Å². The van der Waals surface area contributed by atoms with Crippen LogP contribution in [0.2, 0.25) is 0 Å². The van der Waals surface area contributed by atoms with Crippen LogP contribution >= 0.6 is 0 Å². The number of benzene rings is 3. The predicted molar refractivity (Wildman–Crippen MR) is 161 cm³/mol. The van der Waals surface area contributed by atoms with Crippen molar-refractivity contribution in [2.45, 2.75) is 52.0 Å². The first-order valence-electron chi connectivity index (χ1n) is 13.9. The number of nitrogens with zero attached hydrogens (tertiary/aromatic N) is 1. The molecule has 0 aliphatic carbocycles. The second-order valence-corrected chi connectivity index (χ2v) is 10.7. The summed E-state index contributed by atoms with van der Waals surface area (Å²) in [6, 6.07) is 24.6. The number of carboxylic acid groups (broad SMARTS) is 1. The average Bonchev–Trinajstić information content (AvgIpc) is 3.42. The van der Waals surface area contributed by atoms with Gasteiger partial charge in [-0.15, -0.1) is 0 Å². The number of para-hydroxylation sites is 1. The van der Waals surface area contributed by atoms with Crippen molar-refractivity contribution in [1.29, 1.82) is 0 Å². The number of urea groups is 1. The fourth-order valence-corrected chi connectivity index (χ4v) is 4.68. The number of nitrogens with one attached hydrogen (secondary N) is 3. The maximum Gasteiger partial charge on any atom is 0.323 e. The van der Waals surface area contributed by atoms with E-state index in [1.165, 1.54) is 0 Å². The van der Waals surface area contributed by atoms with Gasteiger partial charge in [-0.05, 0) is 54.2 Å². The summed E-state index contributed by atoms with van der Waals surface area (Å²) < 4.78 is 5.51. The zero-order chi connectivity index (χ0) is 30.1. The third kappa shape index (κ3) is 8.54. The molecule has 3 amide bonds. The number of rotatable bonds is 12.